The number of aliphatic imine (C=N–C) groups is 1. The molecule has 1 heterocycles. The summed E-state index contributed by atoms with van der Waals surface area (Å²) in [6.45, 7) is 9.17. The topological polar surface area (TPSA) is 67.1 Å². The third-order valence-electron chi connectivity index (χ3n) is 4.66. The molecular formula is C17H33IN6. The summed E-state index contributed by atoms with van der Waals surface area (Å²) in [6, 6.07) is 0. The third kappa shape index (κ3) is 6.22. The van der Waals surface area contributed by atoms with Gasteiger partial charge in [-0.05, 0) is 37.5 Å². The molecule has 138 valence electrons. The van der Waals surface area contributed by atoms with Gasteiger partial charge < -0.3 is 15.2 Å². The Labute approximate surface area is 163 Å². The average Bonchev–Trinajstić information content (AvgIpc) is 3.11. The number of aryl methyl sites for hydroxylation is 1. The van der Waals surface area contributed by atoms with Crippen molar-refractivity contribution in [1.29, 1.82) is 0 Å². The summed E-state index contributed by atoms with van der Waals surface area (Å²) in [6.07, 6.45) is 8.40. The lowest BCUT2D eigenvalue weighted by molar-refractivity contribution is 0.234. The number of rotatable bonds is 7. The van der Waals surface area contributed by atoms with E-state index in [4.69, 9.17) is 0 Å². The van der Waals surface area contributed by atoms with Crippen LogP contribution in [0.4, 0.5) is 0 Å². The monoisotopic (exact) mass is 448 g/mol. The summed E-state index contributed by atoms with van der Waals surface area (Å²) in [7, 11) is 1.95. The first-order chi connectivity index (χ1) is 11.0. The van der Waals surface area contributed by atoms with E-state index in [1.807, 2.05) is 11.6 Å². The molecule has 1 aliphatic rings. The summed E-state index contributed by atoms with van der Waals surface area (Å²) in [5.74, 6) is 2.50. The fourth-order valence-corrected chi connectivity index (χ4v) is 3.66. The zero-order valence-corrected chi connectivity index (χ0v) is 17.8. The van der Waals surface area contributed by atoms with Gasteiger partial charge in [0.1, 0.15) is 12.9 Å². The molecule has 24 heavy (non-hydrogen) atoms. The van der Waals surface area contributed by atoms with Gasteiger partial charge in [0.2, 0.25) is 0 Å². The number of nitrogens with one attached hydrogen (secondary N) is 2. The fraction of sp³-hybridized carbons (Fsp3) is 0.824. The van der Waals surface area contributed by atoms with Gasteiger partial charge in [0.15, 0.2) is 11.8 Å². The Kier molecular flexibility index (Phi) is 9.01. The number of hydrogen-bond donors (Lipinski definition) is 2. The highest BCUT2D eigenvalue weighted by Crippen LogP contribution is 2.42. The highest BCUT2D eigenvalue weighted by Gasteiger charge is 2.34. The van der Waals surface area contributed by atoms with Gasteiger partial charge in [-0.25, -0.2) is 4.99 Å². The van der Waals surface area contributed by atoms with Crippen LogP contribution in [-0.4, -0.2) is 33.8 Å². The van der Waals surface area contributed by atoms with Crippen molar-refractivity contribution in [3.8, 4) is 0 Å². The highest BCUT2D eigenvalue weighted by molar-refractivity contribution is 14.0. The van der Waals surface area contributed by atoms with E-state index in [-0.39, 0.29) is 24.0 Å². The Hall–Kier alpha value is -0.860. The second-order valence-electron chi connectivity index (χ2n) is 7.21. The molecule has 0 saturated heterocycles. The maximum atomic E-state index is 4.66. The molecule has 0 spiro atoms. The van der Waals surface area contributed by atoms with Crippen LogP contribution < -0.4 is 10.6 Å². The zero-order chi connectivity index (χ0) is 16.7. The molecule has 7 heteroatoms. The quantitative estimate of drug-likeness (QED) is 0.382. The van der Waals surface area contributed by atoms with Gasteiger partial charge in [-0.15, -0.1) is 34.2 Å². The predicted octanol–water partition coefficient (Wildman–Crippen LogP) is 3.09. The maximum Gasteiger partial charge on any atom is 0.191 e. The first kappa shape index (κ1) is 21.2. The number of nitrogens with zero attached hydrogens (tertiary/aromatic N) is 4. The first-order valence-corrected chi connectivity index (χ1v) is 8.90. The van der Waals surface area contributed by atoms with Gasteiger partial charge >= 0.3 is 0 Å². The van der Waals surface area contributed by atoms with Crippen LogP contribution in [0, 0.1) is 11.3 Å². The van der Waals surface area contributed by atoms with Crippen LogP contribution in [0.15, 0.2) is 11.3 Å². The van der Waals surface area contributed by atoms with E-state index in [0.29, 0.717) is 12.0 Å². The van der Waals surface area contributed by atoms with E-state index in [0.717, 1.165) is 30.8 Å². The van der Waals surface area contributed by atoms with Crippen molar-refractivity contribution in [2.45, 2.75) is 59.4 Å². The largest absolute Gasteiger partial charge is 0.357 e. The maximum absolute atomic E-state index is 4.66. The Morgan fingerprint density at radius 1 is 1.33 bits per heavy atom. The smallest absolute Gasteiger partial charge is 0.191 e. The Morgan fingerprint density at radius 3 is 2.58 bits per heavy atom. The molecule has 0 aliphatic heterocycles. The van der Waals surface area contributed by atoms with Crippen molar-refractivity contribution < 1.29 is 0 Å². The van der Waals surface area contributed by atoms with Crippen molar-refractivity contribution in [3.05, 3.63) is 12.2 Å². The molecule has 1 aromatic heterocycles. The van der Waals surface area contributed by atoms with Crippen LogP contribution in [-0.2, 0) is 13.6 Å². The van der Waals surface area contributed by atoms with Crippen molar-refractivity contribution >= 4 is 29.9 Å². The zero-order valence-electron chi connectivity index (χ0n) is 15.5. The van der Waals surface area contributed by atoms with Crippen LogP contribution in [0.1, 0.15) is 58.7 Å². The summed E-state index contributed by atoms with van der Waals surface area (Å²) < 4.78 is 1.91. The van der Waals surface area contributed by atoms with E-state index in [1.165, 1.54) is 32.1 Å². The molecule has 1 saturated carbocycles. The van der Waals surface area contributed by atoms with Crippen LogP contribution in [0.5, 0.6) is 0 Å². The van der Waals surface area contributed by atoms with Crippen molar-refractivity contribution in [3.63, 3.8) is 0 Å². The highest BCUT2D eigenvalue weighted by atomic mass is 127. The molecular weight excluding hydrogens is 415 g/mol. The van der Waals surface area contributed by atoms with Gasteiger partial charge in [0.05, 0.1) is 0 Å². The average molecular weight is 448 g/mol. The molecule has 0 bridgehead atoms. The van der Waals surface area contributed by atoms with Crippen LogP contribution in [0.3, 0.4) is 0 Å². The molecule has 1 aromatic rings. The minimum Gasteiger partial charge on any atom is -0.357 e. The third-order valence-corrected chi connectivity index (χ3v) is 4.66. The fourth-order valence-electron chi connectivity index (χ4n) is 3.66. The molecule has 2 N–H and O–H groups in total. The van der Waals surface area contributed by atoms with Gasteiger partial charge in [-0.1, -0.05) is 26.7 Å². The van der Waals surface area contributed by atoms with Crippen molar-refractivity contribution in [1.82, 2.24) is 25.4 Å². The summed E-state index contributed by atoms with van der Waals surface area (Å²) >= 11 is 0. The molecule has 1 fully saturated rings. The van der Waals surface area contributed by atoms with Crippen LogP contribution >= 0.6 is 24.0 Å². The summed E-state index contributed by atoms with van der Waals surface area (Å²) in [4.78, 5) is 4.66. The lowest BCUT2D eigenvalue weighted by atomic mass is 9.78. The van der Waals surface area contributed by atoms with Gasteiger partial charge in [-0.3, -0.25) is 0 Å². The van der Waals surface area contributed by atoms with Crippen LogP contribution in [0.25, 0.3) is 0 Å². The molecule has 1 aliphatic carbocycles. The lowest BCUT2D eigenvalue weighted by Gasteiger charge is -2.32. The predicted molar refractivity (Wildman–Crippen MR) is 110 cm³/mol. The molecule has 6 nitrogen and oxygen atoms in total. The molecule has 2 rings (SSSR count). The van der Waals surface area contributed by atoms with E-state index >= 15 is 0 Å². The normalized spacial score (nSPS) is 17.0. The molecule has 0 atom stereocenters. The first-order valence-electron chi connectivity index (χ1n) is 8.90. The van der Waals surface area contributed by atoms with Gasteiger partial charge in [0.25, 0.3) is 0 Å². The number of hydrogen-bond acceptors (Lipinski definition) is 3. The number of halogens is 1. The second kappa shape index (κ2) is 10.2. The minimum atomic E-state index is 0. The molecule has 0 amide bonds. The molecule has 0 radical (unpaired) electrons. The van der Waals surface area contributed by atoms with Crippen LogP contribution in [0.2, 0.25) is 0 Å². The Morgan fingerprint density at radius 2 is 2.04 bits per heavy atom. The van der Waals surface area contributed by atoms with E-state index in [9.17, 15) is 0 Å². The summed E-state index contributed by atoms with van der Waals surface area (Å²) in [5.41, 5.74) is 0.440. The van der Waals surface area contributed by atoms with E-state index in [1.54, 1.807) is 6.33 Å². The van der Waals surface area contributed by atoms with E-state index < -0.39 is 0 Å². The number of aromatic nitrogens is 3. The minimum absolute atomic E-state index is 0. The van der Waals surface area contributed by atoms with Gasteiger partial charge in [-0.2, -0.15) is 0 Å². The standard InChI is InChI=1S/C17H32N6.HI/c1-5-18-16(19-11-15-22-21-13-23(15)4)20-12-17(10-14(2)3)8-6-7-9-17;/h13-14H,5-12H2,1-4H3,(H2,18,19,20);1H. The Balaban J connectivity index is 0.00000288. The molecule has 0 aromatic carbocycles. The van der Waals surface area contributed by atoms with Crippen molar-refractivity contribution in [2.75, 3.05) is 13.1 Å². The number of guanidine groups is 1. The van der Waals surface area contributed by atoms with Gasteiger partial charge in [0, 0.05) is 20.1 Å². The summed E-state index contributed by atoms with van der Waals surface area (Å²) in [5, 5.41) is 14.9. The molecule has 0 unspecified atom stereocenters. The second-order valence-corrected chi connectivity index (χ2v) is 7.21. The lowest BCUT2D eigenvalue weighted by Crippen LogP contribution is -2.43. The SMILES string of the molecule is CCNC(=NCc1nncn1C)NCC1(CC(C)C)CCCC1.I. The Bertz CT molecular complexity index is 505. The van der Waals surface area contributed by atoms with Crippen molar-refractivity contribution in [2.24, 2.45) is 23.4 Å². The van der Waals surface area contributed by atoms with E-state index in [2.05, 4.69) is 46.6 Å².